The number of β-amino-alcohol motifs (C(OH)–C–C–N with tert-alkyl or cyclic N) is 1. The van der Waals surface area contributed by atoms with E-state index in [1.165, 1.54) is 4.88 Å². The monoisotopic (exact) mass is 308 g/mol. The van der Waals surface area contributed by atoms with Crippen LogP contribution in [-0.2, 0) is 4.79 Å². The molecule has 5 heteroatoms. The van der Waals surface area contributed by atoms with Crippen molar-refractivity contribution in [1.29, 1.82) is 0 Å². The molecule has 4 nitrogen and oxygen atoms in total. The van der Waals surface area contributed by atoms with Crippen molar-refractivity contribution in [1.82, 2.24) is 9.80 Å². The number of carbonyl (C=O) groups is 1. The highest BCUT2D eigenvalue weighted by Gasteiger charge is 2.44. The first kappa shape index (κ1) is 15.0. The summed E-state index contributed by atoms with van der Waals surface area (Å²) < 4.78 is 0. The van der Waals surface area contributed by atoms with Crippen molar-refractivity contribution < 1.29 is 9.90 Å². The van der Waals surface area contributed by atoms with Crippen LogP contribution in [-0.4, -0.2) is 52.6 Å². The number of hydrogen-bond acceptors (Lipinski definition) is 4. The third kappa shape index (κ3) is 2.87. The number of aliphatic hydroxyl groups is 1. The van der Waals surface area contributed by atoms with Gasteiger partial charge < -0.3 is 10.0 Å². The topological polar surface area (TPSA) is 43.8 Å². The molecule has 0 aliphatic carbocycles. The molecule has 0 bridgehead atoms. The molecule has 1 atom stereocenters. The minimum Gasteiger partial charge on any atom is -0.387 e. The third-order valence-corrected chi connectivity index (χ3v) is 5.85. The standard InChI is InChI=1S/C16H24N2O2S/c1-12(2)16(20)10-17(11-16)9-15(19)18-7-3-5-13(18)14-6-4-8-21-14/h4,6,8,12-13,20H,3,5,7,9-11H2,1-2H3. The number of hydrogen-bond donors (Lipinski definition) is 1. The van der Waals surface area contributed by atoms with E-state index in [0.717, 1.165) is 19.4 Å². The van der Waals surface area contributed by atoms with Crippen LogP contribution >= 0.6 is 11.3 Å². The Morgan fingerprint density at radius 3 is 2.90 bits per heavy atom. The Bertz CT molecular complexity index is 494. The summed E-state index contributed by atoms with van der Waals surface area (Å²) in [5.41, 5.74) is -0.599. The van der Waals surface area contributed by atoms with Crippen LogP contribution in [0.5, 0.6) is 0 Å². The van der Waals surface area contributed by atoms with Gasteiger partial charge >= 0.3 is 0 Å². The average Bonchev–Trinajstić information content (AvgIpc) is 3.06. The van der Waals surface area contributed by atoms with E-state index in [1.54, 1.807) is 11.3 Å². The first-order valence-corrected chi connectivity index (χ1v) is 8.65. The summed E-state index contributed by atoms with van der Waals surface area (Å²) in [5, 5.41) is 12.4. The first-order valence-electron chi connectivity index (χ1n) is 7.77. The zero-order valence-corrected chi connectivity index (χ0v) is 13.6. The second-order valence-electron chi connectivity index (χ2n) is 6.66. The molecule has 2 fully saturated rings. The lowest BCUT2D eigenvalue weighted by Crippen LogP contribution is -2.65. The summed E-state index contributed by atoms with van der Waals surface area (Å²) in [4.78, 5) is 17.9. The van der Waals surface area contributed by atoms with E-state index in [2.05, 4.69) is 22.4 Å². The van der Waals surface area contributed by atoms with Crippen LogP contribution in [0.1, 0.15) is 37.6 Å². The minimum absolute atomic E-state index is 0.205. The van der Waals surface area contributed by atoms with Crippen molar-refractivity contribution in [2.75, 3.05) is 26.2 Å². The van der Waals surface area contributed by atoms with Crippen LogP contribution < -0.4 is 0 Å². The third-order valence-electron chi connectivity index (χ3n) is 4.87. The smallest absolute Gasteiger partial charge is 0.237 e. The molecule has 1 aromatic rings. The van der Waals surface area contributed by atoms with Crippen molar-refractivity contribution in [2.45, 2.75) is 38.3 Å². The van der Waals surface area contributed by atoms with Gasteiger partial charge in [0.2, 0.25) is 5.91 Å². The highest BCUT2D eigenvalue weighted by Crippen LogP contribution is 2.35. The Kier molecular flexibility index (Phi) is 4.08. The molecule has 1 amide bonds. The zero-order chi connectivity index (χ0) is 15.0. The lowest BCUT2D eigenvalue weighted by Gasteiger charge is -2.49. The minimum atomic E-state index is -0.599. The van der Waals surface area contributed by atoms with Gasteiger partial charge in [-0.05, 0) is 30.2 Å². The van der Waals surface area contributed by atoms with Gasteiger partial charge in [-0.1, -0.05) is 19.9 Å². The SMILES string of the molecule is CC(C)C1(O)CN(CC(=O)N2CCCC2c2cccs2)C1. The fourth-order valence-electron chi connectivity index (χ4n) is 3.33. The molecular formula is C16H24N2O2S. The van der Waals surface area contributed by atoms with E-state index in [0.29, 0.717) is 19.6 Å². The second-order valence-corrected chi connectivity index (χ2v) is 7.64. The molecule has 3 heterocycles. The highest BCUT2D eigenvalue weighted by molar-refractivity contribution is 7.10. The van der Waals surface area contributed by atoms with E-state index in [4.69, 9.17) is 0 Å². The molecule has 2 saturated heterocycles. The molecule has 21 heavy (non-hydrogen) atoms. The molecule has 1 aromatic heterocycles. The summed E-state index contributed by atoms with van der Waals surface area (Å²) in [5.74, 6) is 0.450. The van der Waals surface area contributed by atoms with E-state index < -0.39 is 5.60 Å². The average molecular weight is 308 g/mol. The van der Waals surface area contributed by atoms with Gasteiger partial charge in [-0.2, -0.15) is 0 Å². The first-order chi connectivity index (χ1) is 9.99. The van der Waals surface area contributed by atoms with E-state index in [1.807, 2.05) is 18.7 Å². The van der Waals surface area contributed by atoms with Crippen molar-refractivity contribution >= 4 is 17.2 Å². The summed E-state index contributed by atoms with van der Waals surface area (Å²) in [6.07, 6.45) is 2.16. The fraction of sp³-hybridized carbons (Fsp3) is 0.688. The molecule has 0 spiro atoms. The van der Waals surface area contributed by atoms with E-state index >= 15 is 0 Å². The quantitative estimate of drug-likeness (QED) is 0.926. The predicted octanol–water partition coefficient (Wildman–Crippen LogP) is 2.11. The summed E-state index contributed by atoms with van der Waals surface area (Å²) in [6.45, 7) is 6.61. The maximum absolute atomic E-state index is 12.5. The summed E-state index contributed by atoms with van der Waals surface area (Å²) in [6, 6.07) is 4.45. The van der Waals surface area contributed by atoms with Crippen molar-refractivity contribution in [3.05, 3.63) is 22.4 Å². The Morgan fingerprint density at radius 1 is 1.52 bits per heavy atom. The van der Waals surface area contributed by atoms with Gasteiger partial charge in [0, 0.05) is 24.5 Å². The fourth-order valence-corrected chi connectivity index (χ4v) is 4.20. The van der Waals surface area contributed by atoms with Gasteiger partial charge in [-0.15, -0.1) is 11.3 Å². The Labute approximate surface area is 130 Å². The number of rotatable bonds is 4. The van der Waals surface area contributed by atoms with Gasteiger partial charge in [0.05, 0.1) is 18.2 Å². The normalized spacial score (nSPS) is 25.3. The summed E-state index contributed by atoms with van der Waals surface area (Å²) in [7, 11) is 0. The summed E-state index contributed by atoms with van der Waals surface area (Å²) >= 11 is 1.74. The van der Waals surface area contributed by atoms with E-state index in [-0.39, 0.29) is 17.9 Å². The Hall–Kier alpha value is -0.910. The van der Waals surface area contributed by atoms with E-state index in [9.17, 15) is 9.90 Å². The van der Waals surface area contributed by atoms with Gasteiger partial charge in [0.25, 0.3) is 0 Å². The Balaban J connectivity index is 1.57. The highest BCUT2D eigenvalue weighted by atomic mass is 32.1. The number of carbonyl (C=O) groups excluding carboxylic acids is 1. The van der Waals surface area contributed by atoms with Gasteiger partial charge in [-0.25, -0.2) is 0 Å². The van der Waals surface area contributed by atoms with Gasteiger partial charge in [0.15, 0.2) is 0 Å². The maximum Gasteiger partial charge on any atom is 0.237 e. The molecule has 116 valence electrons. The Morgan fingerprint density at radius 2 is 2.29 bits per heavy atom. The molecule has 0 saturated carbocycles. The maximum atomic E-state index is 12.5. The number of amides is 1. The van der Waals surface area contributed by atoms with Crippen LogP contribution in [0, 0.1) is 5.92 Å². The number of nitrogens with zero attached hydrogens (tertiary/aromatic N) is 2. The molecule has 0 radical (unpaired) electrons. The second kappa shape index (κ2) is 5.71. The van der Waals surface area contributed by atoms with Crippen molar-refractivity contribution in [3.8, 4) is 0 Å². The molecule has 0 aromatic carbocycles. The zero-order valence-electron chi connectivity index (χ0n) is 12.8. The van der Waals surface area contributed by atoms with Gasteiger partial charge in [0.1, 0.15) is 0 Å². The van der Waals surface area contributed by atoms with Crippen LogP contribution in [0.25, 0.3) is 0 Å². The van der Waals surface area contributed by atoms with Crippen LogP contribution in [0.2, 0.25) is 0 Å². The molecule has 3 rings (SSSR count). The molecule has 2 aliphatic heterocycles. The lowest BCUT2D eigenvalue weighted by atomic mass is 9.83. The van der Waals surface area contributed by atoms with Crippen LogP contribution in [0.15, 0.2) is 17.5 Å². The largest absolute Gasteiger partial charge is 0.387 e. The lowest BCUT2D eigenvalue weighted by molar-refractivity contribution is -0.149. The number of likely N-dealkylation sites (tertiary alicyclic amines) is 2. The van der Waals surface area contributed by atoms with Crippen LogP contribution in [0.3, 0.4) is 0 Å². The van der Waals surface area contributed by atoms with Gasteiger partial charge in [-0.3, -0.25) is 9.69 Å². The molecule has 1 N–H and O–H groups in total. The molecular weight excluding hydrogens is 284 g/mol. The number of thiophene rings is 1. The predicted molar refractivity (Wildman–Crippen MR) is 84.2 cm³/mol. The van der Waals surface area contributed by atoms with Crippen LogP contribution in [0.4, 0.5) is 0 Å². The molecule has 1 unspecified atom stereocenters. The van der Waals surface area contributed by atoms with Crippen molar-refractivity contribution in [2.24, 2.45) is 5.92 Å². The van der Waals surface area contributed by atoms with Crippen molar-refractivity contribution in [3.63, 3.8) is 0 Å². The molecule has 2 aliphatic rings.